The van der Waals surface area contributed by atoms with E-state index in [4.69, 9.17) is 5.73 Å². The van der Waals surface area contributed by atoms with Gasteiger partial charge in [0, 0.05) is 17.3 Å². The first-order chi connectivity index (χ1) is 11.1. The van der Waals surface area contributed by atoms with E-state index in [1.807, 2.05) is 13.0 Å². The lowest BCUT2D eigenvalue weighted by Crippen LogP contribution is -2.37. The minimum absolute atomic E-state index is 0.337. The standard InChI is InChI=1S/C16H15N5O2/c1-9-12-7-11(8-18-15(12)21-20-9)16(23)19-13(14(17)22)10-5-3-2-4-6-10/h2-8,13H,1H3,(H2,17,22)(H,19,23)(H,18,20,21)/t13-/m0/s1. The molecular formula is C16H15N5O2. The van der Waals surface area contributed by atoms with Crippen molar-refractivity contribution in [3.05, 3.63) is 59.4 Å². The van der Waals surface area contributed by atoms with Crippen molar-refractivity contribution < 1.29 is 9.59 Å². The second kappa shape index (κ2) is 5.88. The number of nitrogens with zero attached hydrogens (tertiary/aromatic N) is 2. The van der Waals surface area contributed by atoms with Crippen LogP contribution in [0.4, 0.5) is 0 Å². The zero-order chi connectivity index (χ0) is 16.4. The number of amides is 2. The first-order valence-corrected chi connectivity index (χ1v) is 7.02. The number of primary amides is 1. The summed E-state index contributed by atoms with van der Waals surface area (Å²) in [5, 5.41) is 10.2. The Labute approximate surface area is 131 Å². The van der Waals surface area contributed by atoms with Crippen LogP contribution in [0.3, 0.4) is 0 Å². The van der Waals surface area contributed by atoms with Crippen LogP contribution >= 0.6 is 0 Å². The lowest BCUT2D eigenvalue weighted by molar-refractivity contribution is -0.120. The number of hydrogen-bond acceptors (Lipinski definition) is 4. The third-order valence-corrected chi connectivity index (χ3v) is 3.56. The molecule has 0 saturated carbocycles. The Morgan fingerprint density at radius 3 is 2.70 bits per heavy atom. The van der Waals surface area contributed by atoms with Gasteiger partial charge in [-0.15, -0.1) is 0 Å². The summed E-state index contributed by atoms with van der Waals surface area (Å²) in [5.74, 6) is -1.05. The molecule has 0 radical (unpaired) electrons. The number of fused-ring (bicyclic) bond motifs is 1. The van der Waals surface area contributed by atoms with E-state index in [0.717, 1.165) is 11.1 Å². The molecule has 0 fully saturated rings. The number of benzene rings is 1. The fourth-order valence-corrected chi connectivity index (χ4v) is 2.32. The molecule has 0 unspecified atom stereocenters. The molecule has 0 spiro atoms. The highest BCUT2D eigenvalue weighted by atomic mass is 16.2. The van der Waals surface area contributed by atoms with Gasteiger partial charge in [0.2, 0.25) is 5.91 Å². The van der Waals surface area contributed by atoms with Gasteiger partial charge in [-0.3, -0.25) is 14.7 Å². The van der Waals surface area contributed by atoms with Gasteiger partial charge in [-0.2, -0.15) is 5.10 Å². The highest BCUT2D eigenvalue weighted by Gasteiger charge is 2.21. The van der Waals surface area contributed by atoms with Crippen molar-refractivity contribution in [1.29, 1.82) is 0 Å². The molecule has 2 heterocycles. The van der Waals surface area contributed by atoms with Crippen LogP contribution < -0.4 is 11.1 Å². The van der Waals surface area contributed by atoms with Crippen molar-refractivity contribution >= 4 is 22.8 Å². The van der Waals surface area contributed by atoms with Gasteiger partial charge in [0.25, 0.3) is 5.91 Å². The van der Waals surface area contributed by atoms with Crippen LogP contribution in [0.1, 0.15) is 27.7 Å². The van der Waals surface area contributed by atoms with Gasteiger partial charge >= 0.3 is 0 Å². The molecule has 4 N–H and O–H groups in total. The monoisotopic (exact) mass is 309 g/mol. The fraction of sp³-hybridized carbons (Fsp3) is 0.125. The van der Waals surface area contributed by atoms with Gasteiger partial charge in [0.1, 0.15) is 6.04 Å². The minimum atomic E-state index is -0.898. The molecule has 7 nitrogen and oxygen atoms in total. The van der Waals surface area contributed by atoms with Crippen LogP contribution in [-0.2, 0) is 4.79 Å². The molecule has 7 heteroatoms. The average Bonchev–Trinajstić information content (AvgIpc) is 2.93. The topological polar surface area (TPSA) is 114 Å². The summed E-state index contributed by atoms with van der Waals surface area (Å²) in [4.78, 5) is 28.2. The Kier molecular flexibility index (Phi) is 3.76. The second-order valence-corrected chi connectivity index (χ2v) is 5.16. The van der Waals surface area contributed by atoms with E-state index < -0.39 is 17.9 Å². The normalized spacial score (nSPS) is 12.0. The number of H-pyrrole nitrogens is 1. The Hall–Kier alpha value is -3.22. The lowest BCUT2D eigenvalue weighted by atomic mass is 10.1. The largest absolute Gasteiger partial charge is 0.368 e. The van der Waals surface area contributed by atoms with Crippen molar-refractivity contribution in [2.75, 3.05) is 0 Å². The van der Waals surface area contributed by atoms with E-state index in [0.29, 0.717) is 16.8 Å². The molecule has 0 aliphatic carbocycles. The first-order valence-electron chi connectivity index (χ1n) is 7.02. The quantitative estimate of drug-likeness (QED) is 0.672. The summed E-state index contributed by atoms with van der Waals surface area (Å²) in [6, 6.07) is 9.63. The van der Waals surface area contributed by atoms with Gasteiger partial charge < -0.3 is 11.1 Å². The molecule has 0 bridgehead atoms. The van der Waals surface area contributed by atoms with Gasteiger partial charge in [0.15, 0.2) is 5.65 Å². The van der Waals surface area contributed by atoms with Crippen LogP contribution in [0, 0.1) is 6.92 Å². The number of nitrogens with one attached hydrogen (secondary N) is 2. The summed E-state index contributed by atoms with van der Waals surface area (Å²) in [6.45, 7) is 1.84. The SMILES string of the molecule is Cc1[nH]nc2ncc(C(=O)N[C@H](C(N)=O)c3ccccc3)cc12. The van der Waals surface area contributed by atoms with Crippen LogP contribution in [0.2, 0.25) is 0 Å². The fourth-order valence-electron chi connectivity index (χ4n) is 2.32. The number of carbonyl (C=O) groups is 2. The van der Waals surface area contributed by atoms with Gasteiger partial charge in [-0.1, -0.05) is 30.3 Å². The van der Waals surface area contributed by atoms with E-state index in [1.54, 1.807) is 30.3 Å². The molecule has 0 aliphatic rings. The third-order valence-electron chi connectivity index (χ3n) is 3.56. The van der Waals surface area contributed by atoms with Gasteiger partial charge in [-0.05, 0) is 18.6 Å². The van der Waals surface area contributed by atoms with Crippen LogP contribution in [-0.4, -0.2) is 27.0 Å². The van der Waals surface area contributed by atoms with E-state index in [9.17, 15) is 9.59 Å². The Balaban J connectivity index is 1.88. The summed E-state index contributed by atoms with van der Waals surface area (Å²) in [5.41, 5.74) is 7.72. The number of hydrogen-bond donors (Lipinski definition) is 3. The number of aromatic amines is 1. The number of aryl methyl sites for hydroxylation is 1. The predicted octanol–water partition coefficient (Wildman–Crippen LogP) is 1.22. The summed E-state index contributed by atoms with van der Waals surface area (Å²) in [6.07, 6.45) is 1.42. The number of rotatable bonds is 4. The Morgan fingerprint density at radius 2 is 2.00 bits per heavy atom. The van der Waals surface area contributed by atoms with Crippen LogP contribution in [0.5, 0.6) is 0 Å². The van der Waals surface area contributed by atoms with Gasteiger partial charge in [0.05, 0.1) is 5.56 Å². The third kappa shape index (κ3) is 2.89. The van der Waals surface area contributed by atoms with E-state index in [1.165, 1.54) is 6.20 Å². The van der Waals surface area contributed by atoms with Crippen molar-refractivity contribution in [3.8, 4) is 0 Å². The maximum absolute atomic E-state index is 12.4. The smallest absolute Gasteiger partial charge is 0.253 e. The Morgan fingerprint density at radius 1 is 1.26 bits per heavy atom. The average molecular weight is 309 g/mol. The van der Waals surface area contributed by atoms with Crippen LogP contribution in [0.15, 0.2) is 42.6 Å². The molecule has 1 atom stereocenters. The number of pyridine rings is 1. The summed E-state index contributed by atoms with van der Waals surface area (Å²) in [7, 11) is 0. The highest BCUT2D eigenvalue weighted by Crippen LogP contribution is 2.16. The van der Waals surface area contributed by atoms with Gasteiger partial charge in [-0.25, -0.2) is 4.98 Å². The number of carbonyl (C=O) groups excluding carboxylic acids is 2. The molecule has 2 amide bonds. The van der Waals surface area contributed by atoms with E-state index in [2.05, 4.69) is 20.5 Å². The van der Waals surface area contributed by atoms with Crippen molar-refractivity contribution in [1.82, 2.24) is 20.5 Å². The maximum atomic E-state index is 12.4. The summed E-state index contributed by atoms with van der Waals surface area (Å²) < 4.78 is 0. The van der Waals surface area contributed by atoms with Crippen molar-refractivity contribution in [2.24, 2.45) is 5.73 Å². The summed E-state index contributed by atoms with van der Waals surface area (Å²) >= 11 is 0. The predicted molar refractivity (Wildman–Crippen MR) is 84.5 cm³/mol. The molecular weight excluding hydrogens is 294 g/mol. The number of nitrogens with two attached hydrogens (primary N) is 1. The van der Waals surface area contributed by atoms with E-state index >= 15 is 0 Å². The van der Waals surface area contributed by atoms with Crippen molar-refractivity contribution in [2.45, 2.75) is 13.0 Å². The lowest BCUT2D eigenvalue weighted by Gasteiger charge is -2.15. The van der Waals surface area contributed by atoms with E-state index in [-0.39, 0.29) is 0 Å². The number of aromatic nitrogens is 3. The molecule has 3 aromatic rings. The molecule has 116 valence electrons. The molecule has 0 aliphatic heterocycles. The second-order valence-electron chi connectivity index (χ2n) is 5.16. The maximum Gasteiger partial charge on any atom is 0.253 e. The van der Waals surface area contributed by atoms with Crippen molar-refractivity contribution in [3.63, 3.8) is 0 Å². The highest BCUT2D eigenvalue weighted by molar-refractivity contribution is 5.99. The first kappa shape index (κ1) is 14.7. The minimum Gasteiger partial charge on any atom is -0.368 e. The zero-order valence-electron chi connectivity index (χ0n) is 12.4. The molecule has 23 heavy (non-hydrogen) atoms. The Bertz CT molecular complexity index is 873. The van der Waals surface area contributed by atoms with Crippen LogP contribution in [0.25, 0.3) is 11.0 Å². The molecule has 0 saturated heterocycles. The molecule has 1 aromatic carbocycles. The molecule has 2 aromatic heterocycles. The molecule has 3 rings (SSSR count). The zero-order valence-corrected chi connectivity index (χ0v) is 12.4.